The fourth-order valence-corrected chi connectivity index (χ4v) is 3.90. The Morgan fingerprint density at radius 1 is 1.16 bits per heavy atom. The molecule has 1 amide bonds. The van der Waals surface area contributed by atoms with Gasteiger partial charge in [0.25, 0.3) is 0 Å². The molecule has 4 rings (SSSR count). The van der Waals surface area contributed by atoms with Crippen molar-refractivity contribution in [2.24, 2.45) is 0 Å². The van der Waals surface area contributed by atoms with Gasteiger partial charge in [-0.1, -0.05) is 6.07 Å². The molecule has 1 N–H and O–H groups in total. The van der Waals surface area contributed by atoms with E-state index < -0.39 is 0 Å². The second kappa shape index (κ2) is 8.25. The van der Waals surface area contributed by atoms with E-state index in [-0.39, 0.29) is 18.3 Å². The van der Waals surface area contributed by atoms with Crippen LogP contribution in [0.3, 0.4) is 0 Å². The normalized spacial score (nSPS) is 22.7. The molecule has 0 aromatic heterocycles. The zero-order chi connectivity index (χ0) is 16.4. The van der Waals surface area contributed by atoms with Crippen LogP contribution in [0, 0.1) is 0 Å². The number of rotatable bonds is 4. The fraction of sp³-hybridized carbons (Fsp3) is 0.611. The first-order chi connectivity index (χ1) is 11.8. The number of halogens is 1. The van der Waals surface area contributed by atoms with Crippen molar-refractivity contribution in [3.63, 3.8) is 0 Å². The van der Waals surface area contributed by atoms with E-state index in [2.05, 4.69) is 22.3 Å². The van der Waals surface area contributed by atoms with Gasteiger partial charge in [0.05, 0.1) is 0 Å². The van der Waals surface area contributed by atoms with Crippen LogP contribution in [0.2, 0.25) is 0 Å². The predicted molar refractivity (Wildman–Crippen MR) is 97.4 cm³/mol. The van der Waals surface area contributed by atoms with Gasteiger partial charge in [0.15, 0.2) is 11.5 Å². The molecule has 2 fully saturated rings. The molecule has 0 aliphatic carbocycles. The van der Waals surface area contributed by atoms with E-state index in [4.69, 9.17) is 9.47 Å². The van der Waals surface area contributed by atoms with Crippen molar-refractivity contribution >= 4 is 18.3 Å². The summed E-state index contributed by atoms with van der Waals surface area (Å²) in [7, 11) is 0. The van der Waals surface area contributed by atoms with E-state index in [9.17, 15) is 4.79 Å². The molecule has 1 aromatic carbocycles. The maximum atomic E-state index is 12.4. The van der Waals surface area contributed by atoms with Gasteiger partial charge in [0.2, 0.25) is 12.7 Å². The van der Waals surface area contributed by atoms with Gasteiger partial charge in [-0.2, -0.15) is 0 Å². The average Bonchev–Trinajstić information content (AvgIpc) is 3.28. The summed E-state index contributed by atoms with van der Waals surface area (Å²) in [5, 5.41) is 3.29. The number of nitrogens with one attached hydrogen (secondary N) is 1. The number of fused-ring (bicyclic) bond motifs is 1. The molecule has 138 valence electrons. The summed E-state index contributed by atoms with van der Waals surface area (Å²) >= 11 is 0. The number of carbonyl (C=O) groups excluding carboxylic acids is 1. The lowest BCUT2D eigenvalue weighted by molar-refractivity contribution is -0.132. The number of ether oxygens (including phenoxy) is 2. The van der Waals surface area contributed by atoms with Crippen LogP contribution < -0.4 is 14.8 Å². The highest BCUT2D eigenvalue weighted by molar-refractivity contribution is 5.85. The van der Waals surface area contributed by atoms with Gasteiger partial charge >= 0.3 is 0 Å². The van der Waals surface area contributed by atoms with Gasteiger partial charge in [-0.05, 0) is 37.1 Å². The number of benzene rings is 1. The summed E-state index contributed by atoms with van der Waals surface area (Å²) in [6.07, 6.45) is 2.93. The summed E-state index contributed by atoms with van der Waals surface area (Å²) in [6, 6.07) is 6.62. The summed E-state index contributed by atoms with van der Waals surface area (Å²) in [4.78, 5) is 16.8. The third kappa shape index (κ3) is 4.02. The van der Waals surface area contributed by atoms with E-state index in [1.807, 2.05) is 11.0 Å². The fourth-order valence-electron chi connectivity index (χ4n) is 3.90. The van der Waals surface area contributed by atoms with Crippen LogP contribution in [0.25, 0.3) is 0 Å². The Balaban J connectivity index is 0.00000182. The summed E-state index contributed by atoms with van der Waals surface area (Å²) in [5.74, 6) is 1.96. The van der Waals surface area contributed by atoms with Gasteiger partial charge in [-0.3, -0.25) is 9.69 Å². The zero-order valence-corrected chi connectivity index (χ0v) is 15.2. The molecule has 0 saturated carbocycles. The summed E-state index contributed by atoms with van der Waals surface area (Å²) < 4.78 is 10.9. The highest BCUT2D eigenvalue weighted by Gasteiger charge is 2.28. The van der Waals surface area contributed by atoms with Crippen molar-refractivity contribution < 1.29 is 14.3 Å². The van der Waals surface area contributed by atoms with Crippen LogP contribution in [0.5, 0.6) is 11.5 Å². The molecule has 3 aliphatic heterocycles. The molecule has 3 heterocycles. The smallest absolute Gasteiger partial charge is 0.231 e. The molecule has 0 bridgehead atoms. The Morgan fingerprint density at radius 3 is 2.80 bits per heavy atom. The molecular formula is C18H26ClN3O3. The first kappa shape index (κ1) is 18.3. The van der Waals surface area contributed by atoms with Crippen LogP contribution in [-0.4, -0.2) is 61.8 Å². The SMILES string of the molecule is Cl.O=C(CCN1CCCC1c1ccc2c(c1)OCO2)N1CCNCC1. The quantitative estimate of drug-likeness (QED) is 0.879. The van der Waals surface area contributed by atoms with Crippen molar-refractivity contribution in [1.82, 2.24) is 15.1 Å². The number of piperazine rings is 1. The molecular weight excluding hydrogens is 342 g/mol. The third-order valence-corrected chi connectivity index (χ3v) is 5.23. The van der Waals surface area contributed by atoms with Gasteiger partial charge in [0.1, 0.15) is 0 Å². The lowest BCUT2D eigenvalue weighted by Gasteiger charge is -2.29. The van der Waals surface area contributed by atoms with E-state index in [1.165, 1.54) is 12.0 Å². The minimum absolute atomic E-state index is 0. The standard InChI is InChI=1S/C18H25N3O3.ClH/c22-18(21-10-6-19-7-11-21)5-9-20-8-1-2-15(20)14-3-4-16-17(12-14)24-13-23-16;/h3-4,12,15,19H,1-2,5-11,13H2;1H. The lowest BCUT2D eigenvalue weighted by Crippen LogP contribution is -2.47. The Morgan fingerprint density at radius 2 is 1.96 bits per heavy atom. The Hall–Kier alpha value is -1.50. The van der Waals surface area contributed by atoms with Crippen molar-refractivity contribution in [3.8, 4) is 11.5 Å². The first-order valence-corrected chi connectivity index (χ1v) is 8.93. The molecule has 1 atom stereocenters. The highest BCUT2D eigenvalue weighted by Crippen LogP contribution is 2.38. The van der Waals surface area contributed by atoms with Crippen molar-refractivity contribution in [2.75, 3.05) is 46.1 Å². The van der Waals surface area contributed by atoms with Gasteiger partial charge in [-0.25, -0.2) is 0 Å². The molecule has 25 heavy (non-hydrogen) atoms. The Labute approximate surface area is 154 Å². The van der Waals surface area contributed by atoms with Crippen LogP contribution in [-0.2, 0) is 4.79 Å². The summed E-state index contributed by atoms with van der Waals surface area (Å²) in [5.41, 5.74) is 1.27. The number of hydrogen-bond acceptors (Lipinski definition) is 5. The largest absolute Gasteiger partial charge is 0.454 e. The molecule has 7 heteroatoms. The van der Waals surface area contributed by atoms with Crippen LogP contribution >= 0.6 is 12.4 Å². The number of amides is 1. The van der Waals surface area contributed by atoms with Gasteiger partial charge < -0.3 is 19.7 Å². The second-order valence-corrected chi connectivity index (χ2v) is 6.69. The van der Waals surface area contributed by atoms with E-state index >= 15 is 0 Å². The number of carbonyl (C=O) groups is 1. The van der Waals surface area contributed by atoms with Crippen LogP contribution in [0.15, 0.2) is 18.2 Å². The van der Waals surface area contributed by atoms with Gasteiger partial charge in [0, 0.05) is 45.2 Å². The van der Waals surface area contributed by atoms with Crippen molar-refractivity contribution in [3.05, 3.63) is 23.8 Å². The zero-order valence-electron chi connectivity index (χ0n) is 14.4. The van der Waals surface area contributed by atoms with Crippen LogP contribution in [0.4, 0.5) is 0 Å². The monoisotopic (exact) mass is 367 g/mol. The predicted octanol–water partition coefficient (Wildman–Crippen LogP) is 1.80. The number of nitrogens with zero attached hydrogens (tertiary/aromatic N) is 2. The molecule has 1 unspecified atom stereocenters. The van der Waals surface area contributed by atoms with Gasteiger partial charge in [-0.15, -0.1) is 12.4 Å². The number of likely N-dealkylation sites (tertiary alicyclic amines) is 1. The molecule has 3 aliphatic rings. The van der Waals surface area contributed by atoms with E-state index in [0.29, 0.717) is 19.3 Å². The van der Waals surface area contributed by atoms with Crippen molar-refractivity contribution in [2.45, 2.75) is 25.3 Å². The maximum Gasteiger partial charge on any atom is 0.231 e. The maximum absolute atomic E-state index is 12.4. The second-order valence-electron chi connectivity index (χ2n) is 6.69. The third-order valence-electron chi connectivity index (χ3n) is 5.23. The van der Waals surface area contributed by atoms with E-state index in [1.54, 1.807) is 0 Å². The van der Waals surface area contributed by atoms with Crippen molar-refractivity contribution in [1.29, 1.82) is 0 Å². The lowest BCUT2D eigenvalue weighted by atomic mass is 10.0. The molecule has 0 radical (unpaired) electrons. The molecule has 6 nitrogen and oxygen atoms in total. The van der Waals surface area contributed by atoms with Crippen LogP contribution in [0.1, 0.15) is 30.9 Å². The minimum atomic E-state index is 0. The molecule has 0 spiro atoms. The Bertz CT molecular complexity index is 607. The average molecular weight is 368 g/mol. The molecule has 2 saturated heterocycles. The van der Waals surface area contributed by atoms with E-state index in [0.717, 1.165) is 57.2 Å². The molecule has 1 aromatic rings. The summed E-state index contributed by atoms with van der Waals surface area (Å²) in [6.45, 7) is 5.71. The number of hydrogen-bond donors (Lipinski definition) is 1. The first-order valence-electron chi connectivity index (χ1n) is 8.93. The minimum Gasteiger partial charge on any atom is -0.454 e. The Kier molecular flexibility index (Phi) is 6.04. The highest BCUT2D eigenvalue weighted by atomic mass is 35.5. The topological polar surface area (TPSA) is 54.0 Å².